The first kappa shape index (κ1) is 15.9. The van der Waals surface area contributed by atoms with Gasteiger partial charge in [0.1, 0.15) is 0 Å². The highest BCUT2D eigenvalue weighted by Crippen LogP contribution is 2.52. The maximum absolute atomic E-state index is 13.0. The quantitative estimate of drug-likeness (QED) is 0.919. The van der Waals surface area contributed by atoms with Crippen LogP contribution in [0, 0.1) is 5.92 Å². The Hall–Kier alpha value is -1.56. The van der Waals surface area contributed by atoms with Gasteiger partial charge in [-0.05, 0) is 49.7 Å². The lowest BCUT2D eigenvalue weighted by molar-refractivity contribution is -0.138. The summed E-state index contributed by atoms with van der Waals surface area (Å²) in [5.41, 5.74) is -1.88. The molecule has 0 radical (unpaired) electrons. The Balaban J connectivity index is 1.56. The molecular weight excluding hydrogens is 319 g/mol. The number of halogens is 3. The maximum Gasteiger partial charge on any atom is 0.416 e. The second-order valence-electron chi connectivity index (χ2n) is 7.52. The third kappa shape index (κ3) is 2.51. The van der Waals surface area contributed by atoms with Crippen molar-refractivity contribution < 1.29 is 23.1 Å². The molecule has 1 aliphatic heterocycles. The average molecular weight is 339 g/mol. The van der Waals surface area contributed by atoms with E-state index >= 15 is 0 Å². The van der Waals surface area contributed by atoms with Gasteiger partial charge in [0.2, 0.25) is 5.91 Å². The molecule has 1 aromatic rings. The molecule has 24 heavy (non-hydrogen) atoms. The van der Waals surface area contributed by atoms with Crippen molar-refractivity contribution in [3.8, 4) is 0 Å². The van der Waals surface area contributed by atoms with E-state index in [4.69, 9.17) is 0 Å². The smallest absolute Gasteiger partial charge is 0.388 e. The van der Waals surface area contributed by atoms with Crippen LogP contribution in [0.25, 0.3) is 0 Å². The third-order valence-corrected chi connectivity index (χ3v) is 5.81. The van der Waals surface area contributed by atoms with Gasteiger partial charge in [-0.25, -0.2) is 0 Å². The first-order valence-corrected chi connectivity index (χ1v) is 8.44. The number of carbonyl (C=O) groups is 1. The zero-order valence-corrected chi connectivity index (χ0v) is 13.3. The van der Waals surface area contributed by atoms with Gasteiger partial charge in [-0.1, -0.05) is 18.2 Å². The third-order valence-electron chi connectivity index (χ3n) is 5.81. The monoisotopic (exact) mass is 339 g/mol. The van der Waals surface area contributed by atoms with E-state index in [1.165, 1.54) is 6.07 Å². The number of carbonyl (C=O) groups excluding carboxylic acids is 1. The summed E-state index contributed by atoms with van der Waals surface area (Å²) in [4.78, 5) is 14.6. The number of hydrogen-bond acceptors (Lipinski definition) is 2. The summed E-state index contributed by atoms with van der Waals surface area (Å²) in [5.74, 6) is 0.150. The molecule has 0 bridgehead atoms. The van der Waals surface area contributed by atoms with Crippen LogP contribution < -0.4 is 0 Å². The first-order valence-electron chi connectivity index (χ1n) is 8.44. The molecule has 1 N–H and O–H groups in total. The summed E-state index contributed by atoms with van der Waals surface area (Å²) in [5, 5.41) is 10.6. The fourth-order valence-electron chi connectivity index (χ4n) is 3.99. The molecule has 2 saturated carbocycles. The van der Waals surface area contributed by atoms with Gasteiger partial charge in [0.15, 0.2) is 0 Å². The van der Waals surface area contributed by atoms with Crippen LogP contribution in [0.1, 0.15) is 43.2 Å². The van der Waals surface area contributed by atoms with Crippen LogP contribution in [0.2, 0.25) is 0 Å². The fraction of sp³-hybridized carbons (Fsp3) is 0.611. The Morgan fingerprint density at radius 1 is 1.21 bits per heavy atom. The van der Waals surface area contributed by atoms with Gasteiger partial charge in [-0.15, -0.1) is 0 Å². The average Bonchev–Trinajstić information content (AvgIpc) is 3.44. The van der Waals surface area contributed by atoms with Crippen molar-refractivity contribution in [2.45, 2.75) is 49.3 Å². The summed E-state index contributed by atoms with van der Waals surface area (Å²) in [6.07, 6.45) is -0.692. The van der Waals surface area contributed by atoms with E-state index in [2.05, 4.69) is 0 Å². The van der Waals surface area contributed by atoms with Crippen LogP contribution in [0.5, 0.6) is 0 Å². The molecule has 1 saturated heterocycles. The minimum atomic E-state index is -4.41. The highest BCUT2D eigenvalue weighted by molar-refractivity contribution is 5.91. The zero-order valence-electron chi connectivity index (χ0n) is 13.3. The van der Waals surface area contributed by atoms with Gasteiger partial charge >= 0.3 is 6.18 Å². The maximum atomic E-state index is 13.0. The molecule has 1 aromatic carbocycles. The molecule has 6 heteroatoms. The Morgan fingerprint density at radius 2 is 1.92 bits per heavy atom. The van der Waals surface area contributed by atoms with E-state index in [0.717, 1.165) is 25.0 Å². The van der Waals surface area contributed by atoms with Gasteiger partial charge in [0.05, 0.1) is 16.6 Å². The molecule has 1 unspecified atom stereocenters. The first-order chi connectivity index (χ1) is 11.2. The second kappa shape index (κ2) is 4.97. The molecule has 130 valence electrons. The molecule has 2 aliphatic carbocycles. The number of β-amino-alcohol motifs (C(OH)–C–C–N with tert-alkyl or cyclic N) is 1. The molecule has 4 rings (SSSR count). The van der Waals surface area contributed by atoms with Crippen LogP contribution in [0.3, 0.4) is 0 Å². The number of likely N-dealkylation sites (tertiary alicyclic amines) is 1. The Kier molecular flexibility index (Phi) is 3.30. The van der Waals surface area contributed by atoms with E-state index in [1.807, 2.05) is 0 Å². The van der Waals surface area contributed by atoms with E-state index in [9.17, 15) is 23.1 Å². The van der Waals surface area contributed by atoms with E-state index in [-0.39, 0.29) is 11.8 Å². The zero-order chi connectivity index (χ0) is 17.2. The minimum absolute atomic E-state index is 0.126. The summed E-state index contributed by atoms with van der Waals surface area (Å²) < 4.78 is 38.8. The number of rotatable bonds is 3. The highest BCUT2D eigenvalue weighted by Gasteiger charge is 2.57. The molecular formula is C18H20F3NO2. The molecule has 3 fully saturated rings. The normalized spacial score (nSPS) is 28.9. The summed E-state index contributed by atoms with van der Waals surface area (Å²) >= 11 is 0. The van der Waals surface area contributed by atoms with Crippen LogP contribution in [-0.4, -0.2) is 34.6 Å². The Labute approximate surface area is 138 Å². The van der Waals surface area contributed by atoms with Crippen molar-refractivity contribution >= 4 is 5.91 Å². The lowest BCUT2D eigenvalue weighted by atomic mass is 9.92. The van der Waals surface area contributed by atoms with Crippen LogP contribution in [0.15, 0.2) is 24.3 Å². The van der Waals surface area contributed by atoms with Crippen molar-refractivity contribution in [3.63, 3.8) is 0 Å². The van der Waals surface area contributed by atoms with Gasteiger partial charge < -0.3 is 10.0 Å². The number of amides is 1. The highest BCUT2D eigenvalue weighted by atomic mass is 19.4. The summed E-state index contributed by atoms with van der Waals surface area (Å²) in [7, 11) is 0. The second-order valence-corrected chi connectivity index (χ2v) is 7.52. The van der Waals surface area contributed by atoms with E-state index in [0.29, 0.717) is 37.9 Å². The fourth-order valence-corrected chi connectivity index (χ4v) is 3.99. The Bertz CT molecular complexity index is 679. The number of hydrogen-bond donors (Lipinski definition) is 1. The molecule has 0 spiro atoms. The predicted octanol–water partition coefficient (Wildman–Crippen LogP) is 3.11. The molecule has 1 heterocycles. The van der Waals surface area contributed by atoms with Gasteiger partial charge in [-0.3, -0.25) is 4.79 Å². The summed E-state index contributed by atoms with van der Waals surface area (Å²) in [6, 6.07) is 5.12. The predicted molar refractivity (Wildman–Crippen MR) is 81.2 cm³/mol. The van der Waals surface area contributed by atoms with Crippen molar-refractivity contribution in [2.24, 2.45) is 5.92 Å². The van der Waals surface area contributed by atoms with Crippen molar-refractivity contribution in [3.05, 3.63) is 35.4 Å². The van der Waals surface area contributed by atoms with Crippen LogP contribution in [0.4, 0.5) is 13.2 Å². The molecule has 3 nitrogen and oxygen atoms in total. The molecule has 3 aliphatic rings. The van der Waals surface area contributed by atoms with E-state index < -0.39 is 22.8 Å². The standard InChI is InChI=1S/C18H20F3NO2/c19-18(20,21)14-3-1-2-13(10-14)16(6-7-16)15(23)22-9-8-17(24,11-22)12-4-5-12/h1-3,10,12,24H,4-9,11H2. The van der Waals surface area contributed by atoms with Gasteiger partial charge in [0.25, 0.3) is 0 Å². The lowest BCUT2D eigenvalue weighted by Crippen LogP contribution is -2.42. The lowest BCUT2D eigenvalue weighted by Gasteiger charge is -2.26. The van der Waals surface area contributed by atoms with Gasteiger partial charge in [-0.2, -0.15) is 13.2 Å². The molecule has 1 atom stereocenters. The molecule has 0 aromatic heterocycles. The minimum Gasteiger partial charge on any atom is -0.388 e. The van der Waals surface area contributed by atoms with Crippen LogP contribution >= 0.6 is 0 Å². The summed E-state index contributed by atoms with van der Waals surface area (Å²) in [6.45, 7) is 0.809. The number of benzene rings is 1. The van der Waals surface area contributed by atoms with E-state index in [1.54, 1.807) is 11.0 Å². The largest absolute Gasteiger partial charge is 0.416 e. The Morgan fingerprint density at radius 3 is 2.50 bits per heavy atom. The van der Waals surface area contributed by atoms with Gasteiger partial charge in [0, 0.05) is 13.1 Å². The van der Waals surface area contributed by atoms with Crippen molar-refractivity contribution in [1.82, 2.24) is 4.90 Å². The number of alkyl halides is 3. The topological polar surface area (TPSA) is 40.5 Å². The number of nitrogens with zero attached hydrogens (tertiary/aromatic N) is 1. The SMILES string of the molecule is O=C(N1CCC(O)(C2CC2)C1)C1(c2cccc(C(F)(F)F)c2)CC1. The molecule has 1 amide bonds. The van der Waals surface area contributed by atoms with Crippen molar-refractivity contribution in [1.29, 1.82) is 0 Å². The van der Waals surface area contributed by atoms with Crippen LogP contribution in [-0.2, 0) is 16.4 Å². The number of aliphatic hydroxyl groups is 1. The van der Waals surface area contributed by atoms with Crippen molar-refractivity contribution in [2.75, 3.05) is 13.1 Å².